The van der Waals surface area contributed by atoms with Gasteiger partial charge >= 0.3 is 6.18 Å². The van der Waals surface area contributed by atoms with Crippen molar-refractivity contribution >= 4 is 32.5 Å². The van der Waals surface area contributed by atoms with Crippen molar-refractivity contribution in [2.45, 2.75) is 18.7 Å². The minimum absolute atomic E-state index is 0.236. The van der Waals surface area contributed by atoms with Gasteiger partial charge in [0, 0.05) is 15.5 Å². The summed E-state index contributed by atoms with van der Waals surface area (Å²) in [6.45, 7) is 0.144. The lowest BCUT2D eigenvalue weighted by Gasteiger charge is -2.26. The Labute approximate surface area is 190 Å². The molecule has 0 saturated heterocycles. The molecule has 0 aliphatic carbocycles. The van der Waals surface area contributed by atoms with Crippen molar-refractivity contribution in [3.8, 4) is 5.69 Å². The highest BCUT2D eigenvalue weighted by molar-refractivity contribution is 9.10. The lowest BCUT2D eigenvalue weighted by Crippen LogP contribution is -2.47. The first kappa shape index (κ1) is 23.7. The third kappa shape index (κ3) is 5.86. The lowest BCUT2D eigenvalue weighted by atomic mass is 10.1. The van der Waals surface area contributed by atoms with E-state index in [2.05, 4.69) is 26.3 Å². The molecule has 0 aliphatic rings. The highest BCUT2D eigenvalue weighted by atomic mass is 79.9. The van der Waals surface area contributed by atoms with E-state index in [1.54, 1.807) is 47.3 Å². The summed E-state index contributed by atoms with van der Waals surface area (Å²) in [7, 11) is 0. The van der Waals surface area contributed by atoms with Crippen LogP contribution < -0.4 is 5.32 Å². The Bertz CT molecular complexity index is 1170. The van der Waals surface area contributed by atoms with Crippen LogP contribution in [0.4, 0.5) is 23.2 Å². The van der Waals surface area contributed by atoms with Gasteiger partial charge in [-0.05, 0) is 55.5 Å². The lowest BCUT2D eigenvalue weighted by molar-refractivity contribution is -0.246. The smallest absolute Gasteiger partial charge is 0.382 e. The first-order chi connectivity index (χ1) is 15.1. The third-order valence-corrected chi connectivity index (χ3v) is 5.11. The molecule has 32 heavy (non-hydrogen) atoms. The largest absolute Gasteiger partial charge is 0.418 e. The van der Waals surface area contributed by atoms with Gasteiger partial charge in [-0.2, -0.15) is 18.3 Å². The summed E-state index contributed by atoms with van der Waals surface area (Å²) >= 11 is 3.20. The molecule has 9 heteroatoms. The predicted octanol–water partition coefficient (Wildman–Crippen LogP) is 6.34. The van der Waals surface area contributed by atoms with E-state index in [9.17, 15) is 22.7 Å². The zero-order valence-electron chi connectivity index (χ0n) is 16.9. The van der Waals surface area contributed by atoms with Gasteiger partial charge in [0.2, 0.25) is 0 Å². The maximum absolute atomic E-state index is 12.8. The molecule has 1 atom stereocenters. The fourth-order valence-electron chi connectivity index (χ4n) is 2.73. The summed E-state index contributed by atoms with van der Waals surface area (Å²) < 4.78 is 52.3. The molecule has 4 rings (SSSR count). The van der Waals surface area contributed by atoms with Crippen molar-refractivity contribution in [2.75, 3.05) is 11.9 Å². The Morgan fingerprint density at radius 2 is 1.69 bits per heavy atom. The summed E-state index contributed by atoms with van der Waals surface area (Å²) in [5.74, 6) is -0.236. The number of anilines is 1. The van der Waals surface area contributed by atoms with Gasteiger partial charge in [-0.15, -0.1) is 0 Å². The fourth-order valence-corrected chi connectivity index (χ4v) is 3.13. The Morgan fingerprint density at radius 1 is 1.00 bits per heavy atom. The van der Waals surface area contributed by atoms with Crippen molar-refractivity contribution in [2.24, 2.45) is 0 Å². The van der Waals surface area contributed by atoms with Gasteiger partial charge in [0.1, 0.15) is 5.82 Å². The Balaban J connectivity index is 0.000000181. The predicted molar refractivity (Wildman–Crippen MR) is 120 cm³/mol. The number of hydrogen-bond acceptors (Lipinski definition) is 3. The van der Waals surface area contributed by atoms with E-state index >= 15 is 0 Å². The van der Waals surface area contributed by atoms with Gasteiger partial charge < -0.3 is 10.4 Å². The van der Waals surface area contributed by atoms with Crippen LogP contribution in [0.3, 0.4) is 0 Å². The van der Waals surface area contributed by atoms with E-state index < -0.39 is 18.3 Å². The van der Waals surface area contributed by atoms with E-state index in [1.165, 1.54) is 12.1 Å². The zero-order valence-corrected chi connectivity index (χ0v) is 18.5. The number of aromatic nitrogens is 2. The van der Waals surface area contributed by atoms with Crippen LogP contribution in [0.5, 0.6) is 0 Å². The fraction of sp³-hybridized carbons (Fsp3) is 0.174. The van der Waals surface area contributed by atoms with Gasteiger partial charge in [-0.1, -0.05) is 40.2 Å². The van der Waals surface area contributed by atoms with Crippen molar-refractivity contribution < 1.29 is 22.7 Å². The third-order valence-electron chi connectivity index (χ3n) is 4.62. The van der Waals surface area contributed by atoms with Gasteiger partial charge in [-0.25, -0.2) is 9.07 Å². The summed E-state index contributed by atoms with van der Waals surface area (Å²) in [6.07, 6.45) is -2.84. The normalized spacial score (nSPS) is 13.2. The van der Waals surface area contributed by atoms with Crippen LogP contribution in [0.15, 0.2) is 83.5 Å². The van der Waals surface area contributed by atoms with E-state index in [-0.39, 0.29) is 5.82 Å². The number of rotatable bonds is 4. The van der Waals surface area contributed by atoms with Crippen molar-refractivity contribution in [3.63, 3.8) is 0 Å². The maximum Gasteiger partial charge on any atom is 0.418 e. The first-order valence-electron chi connectivity index (χ1n) is 9.54. The number of hydrogen-bond donors (Lipinski definition) is 2. The average molecular weight is 510 g/mol. The molecule has 2 N–H and O–H groups in total. The molecule has 0 saturated carbocycles. The number of nitrogens with zero attached hydrogens (tertiary/aromatic N) is 2. The molecule has 0 aliphatic heterocycles. The summed E-state index contributed by atoms with van der Waals surface area (Å²) in [5.41, 5.74) is -0.342. The van der Waals surface area contributed by atoms with Crippen molar-refractivity contribution in [3.05, 3.63) is 89.3 Å². The number of aliphatic hydroxyl groups is 1. The molecule has 4 aromatic rings. The van der Waals surface area contributed by atoms with Crippen LogP contribution in [-0.2, 0) is 0 Å². The van der Waals surface area contributed by atoms with Crippen LogP contribution in [0.2, 0.25) is 0 Å². The van der Waals surface area contributed by atoms with Gasteiger partial charge in [0.15, 0.2) is 5.60 Å². The van der Waals surface area contributed by atoms with Crippen LogP contribution >= 0.6 is 15.9 Å². The van der Waals surface area contributed by atoms with E-state index in [1.807, 2.05) is 24.3 Å². The molecule has 0 bridgehead atoms. The Hall–Kier alpha value is -2.91. The highest BCUT2D eigenvalue weighted by Gasteiger charge is 2.49. The summed E-state index contributed by atoms with van der Waals surface area (Å²) in [4.78, 5) is 0. The summed E-state index contributed by atoms with van der Waals surface area (Å²) in [6, 6.07) is 20.9. The molecule has 0 spiro atoms. The molecule has 0 radical (unpaired) electrons. The minimum atomic E-state index is -4.65. The number of nitrogens with one attached hydrogen (secondary N) is 1. The SMILES string of the molecule is CC(O)(CNc1cccc(Br)c1)C(F)(F)F.Fc1ccc(-n2ncc3ccccc32)cc1. The number of halogens is 5. The second-order valence-electron chi connectivity index (χ2n) is 7.23. The monoisotopic (exact) mass is 509 g/mol. The maximum atomic E-state index is 12.8. The van der Waals surface area contributed by atoms with Crippen molar-refractivity contribution in [1.82, 2.24) is 9.78 Å². The molecular weight excluding hydrogens is 490 g/mol. The molecule has 0 amide bonds. The van der Waals surface area contributed by atoms with Gasteiger partial charge in [0.25, 0.3) is 0 Å². The second-order valence-corrected chi connectivity index (χ2v) is 8.14. The topological polar surface area (TPSA) is 50.1 Å². The molecular formula is C23H20BrF4N3O. The second kappa shape index (κ2) is 9.70. The first-order valence-corrected chi connectivity index (χ1v) is 10.3. The van der Waals surface area contributed by atoms with E-state index in [0.717, 1.165) is 28.0 Å². The van der Waals surface area contributed by atoms with Gasteiger partial charge in [-0.3, -0.25) is 0 Å². The number of benzene rings is 3. The number of para-hydroxylation sites is 1. The van der Waals surface area contributed by atoms with Crippen LogP contribution in [0.1, 0.15) is 6.92 Å². The minimum Gasteiger partial charge on any atom is -0.382 e. The molecule has 1 aromatic heterocycles. The summed E-state index contributed by atoms with van der Waals surface area (Å²) in [5, 5.41) is 17.1. The average Bonchev–Trinajstić information content (AvgIpc) is 3.17. The standard InChI is InChI=1S/C13H9FN2.C10H11BrF3NO/c14-11-5-7-12(8-6-11)16-13-4-2-1-3-10(13)9-15-16;1-9(16,10(12,13)14)6-15-8-4-2-3-7(11)5-8/h1-9H;2-5,15-16H,6H2,1H3. The number of alkyl halides is 3. The van der Waals surface area contributed by atoms with Crippen molar-refractivity contribution in [1.29, 1.82) is 0 Å². The molecule has 4 nitrogen and oxygen atoms in total. The molecule has 1 heterocycles. The zero-order chi connectivity index (χ0) is 23.4. The van der Waals surface area contributed by atoms with E-state index in [0.29, 0.717) is 5.69 Å². The number of fused-ring (bicyclic) bond motifs is 1. The highest BCUT2D eigenvalue weighted by Crippen LogP contribution is 2.30. The van der Waals surface area contributed by atoms with E-state index in [4.69, 9.17) is 0 Å². The Morgan fingerprint density at radius 3 is 2.34 bits per heavy atom. The molecule has 0 fully saturated rings. The molecule has 3 aromatic carbocycles. The van der Waals surface area contributed by atoms with Crippen LogP contribution in [-0.4, -0.2) is 33.2 Å². The van der Waals surface area contributed by atoms with Crippen LogP contribution in [0.25, 0.3) is 16.6 Å². The molecule has 1 unspecified atom stereocenters. The molecule has 168 valence electrons. The quantitative estimate of drug-likeness (QED) is 0.315. The van der Waals surface area contributed by atoms with Crippen LogP contribution in [0, 0.1) is 5.82 Å². The van der Waals surface area contributed by atoms with Gasteiger partial charge in [0.05, 0.1) is 23.9 Å². The Kier molecular flexibility index (Phi) is 7.20.